The average Bonchev–Trinajstić information content (AvgIpc) is 2.45. The minimum Gasteiger partial charge on any atom is -0.291 e. The number of benzene rings is 1. The van der Waals surface area contributed by atoms with Crippen molar-refractivity contribution in [2.45, 2.75) is 12.5 Å². The van der Waals surface area contributed by atoms with Crippen LogP contribution in [0.4, 0.5) is 4.39 Å². The summed E-state index contributed by atoms with van der Waals surface area (Å²) in [5.41, 5.74) is 0.909. The van der Waals surface area contributed by atoms with E-state index in [1.54, 1.807) is 11.1 Å². The third-order valence-electron chi connectivity index (χ3n) is 2.31. The van der Waals surface area contributed by atoms with Gasteiger partial charge in [-0.25, -0.2) is 4.39 Å². The van der Waals surface area contributed by atoms with E-state index in [9.17, 15) is 4.39 Å². The predicted octanol–water partition coefficient (Wildman–Crippen LogP) is 2.75. The van der Waals surface area contributed by atoms with E-state index in [1.165, 1.54) is 12.1 Å². The summed E-state index contributed by atoms with van der Waals surface area (Å²) in [6.07, 6.45) is 0.654. The lowest BCUT2D eigenvalue weighted by atomic mass is 10.0. The van der Waals surface area contributed by atoms with E-state index in [2.05, 4.69) is 5.10 Å². The fourth-order valence-corrected chi connectivity index (χ4v) is 1.89. The highest BCUT2D eigenvalue weighted by atomic mass is 35.5. The summed E-state index contributed by atoms with van der Waals surface area (Å²) in [6, 6.07) is 6.60. The number of hydrogen-bond acceptors (Lipinski definition) is 2. The normalized spacial score (nSPS) is 21.2. The van der Waals surface area contributed by atoms with Crippen molar-refractivity contribution in [3.8, 4) is 0 Å². The molecule has 14 heavy (non-hydrogen) atoms. The third-order valence-corrected chi connectivity index (χ3v) is 2.54. The Hall–Kier alpha value is -1.09. The molecule has 2 rings (SSSR count). The van der Waals surface area contributed by atoms with E-state index >= 15 is 0 Å². The maximum Gasteiger partial charge on any atom is 0.128 e. The zero-order valence-electron chi connectivity index (χ0n) is 7.74. The Morgan fingerprint density at radius 2 is 2.36 bits per heavy atom. The van der Waals surface area contributed by atoms with Crippen LogP contribution in [0.15, 0.2) is 29.4 Å². The van der Waals surface area contributed by atoms with Crippen molar-refractivity contribution in [3.05, 3.63) is 35.6 Å². The molecule has 4 heteroatoms. The van der Waals surface area contributed by atoms with Gasteiger partial charge in [0.25, 0.3) is 0 Å². The Morgan fingerprint density at radius 1 is 1.57 bits per heavy atom. The molecule has 1 heterocycles. The number of hydrazone groups is 1. The Kier molecular flexibility index (Phi) is 2.42. The van der Waals surface area contributed by atoms with Crippen LogP contribution in [0, 0.1) is 5.82 Å². The highest BCUT2D eigenvalue weighted by Gasteiger charge is 2.24. The first-order chi connectivity index (χ1) is 6.66. The topological polar surface area (TPSA) is 15.6 Å². The molecule has 1 aliphatic rings. The zero-order valence-corrected chi connectivity index (χ0v) is 8.50. The van der Waals surface area contributed by atoms with Crippen LogP contribution < -0.4 is 0 Å². The van der Waals surface area contributed by atoms with Crippen LogP contribution in [-0.4, -0.2) is 17.2 Å². The lowest BCUT2D eigenvalue weighted by Crippen LogP contribution is -2.13. The molecule has 0 bridgehead atoms. The summed E-state index contributed by atoms with van der Waals surface area (Å²) in [6.45, 7) is 0. The molecule has 1 aliphatic heterocycles. The van der Waals surface area contributed by atoms with Crippen LogP contribution in [-0.2, 0) is 0 Å². The highest BCUT2D eigenvalue weighted by molar-refractivity contribution is 6.65. The van der Waals surface area contributed by atoms with E-state index in [1.807, 2.05) is 13.1 Å². The lowest BCUT2D eigenvalue weighted by Gasteiger charge is -2.18. The Labute approximate surface area is 87.0 Å². The van der Waals surface area contributed by atoms with E-state index in [4.69, 9.17) is 11.6 Å². The molecule has 1 aromatic carbocycles. The van der Waals surface area contributed by atoms with Crippen molar-refractivity contribution in [1.29, 1.82) is 0 Å². The number of hydrogen-bond donors (Lipinski definition) is 0. The highest BCUT2D eigenvalue weighted by Crippen LogP contribution is 2.30. The maximum absolute atomic E-state index is 13.0. The van der Waals surface area contributed by atoms with Gasteiger partial charge >= 0.3 is 0 Å². The SMILES string of the molecule is CN1N=C(Cl)CC1c1cccc(F)c1. The Morgan fingerprint density at radius 3 is 2.93 bits per heavy atom. The molecule has 0 fully saturated rings. The molecule has 1 atom stereocenters. The Bertz CT molecular complexity index is 378. The molecule has 0 saturated carbocycles. The first kappa shape index (κ1) is 9.46. The average molecular weight is 213 g/mol. The van der Waals surface area contributed by atoms with Crippen LogP contribution in [0.3, 0.4) is 0 Å². The van der Waals surface area contributed by atoms with Gasteiger partial charge in [0, 0.05) is 13.5 Å². The van der Waals surface area contributed by atoms with Crippen molar-refractivity contribution < 1.29 is 4.39 Å². The summed E-state index contributed by atoms with van der Waals surface area (Å²) in [5.74, 6) is -0.223. The second kappa shape index (κ2) is 3.58. The first-order valence-corrected chi connectivity index (χ1v) is 4.76. The summed E-state index contributed by atoms with van der Waals surface area (Å²) in [4.78, 5) is 0. The summed E-state index contributed by atoms with van der Waals surface area (Å²) >= 11 is 5.81. The van der Waals surface area contributed by atoms with Gasteiger partial charge in [0.15, 0.2) is 0 Å². The molecule has 2 nitrogen and oxygen atoms in total. The maximum atomic E-state index is 13.0. The molecule has 0 aromatic heterocycles. The molecular formula is C10H10ClFN2. The summed E-state index contributed by atoms with van der Waals surface area (Å²) < 4.78 is 13.0. The van der Waals surface area contributed by atoms with Crippen LogP contribution in [0.5, 0.6) is 0 Å². The smallest absolute Gasteiger partial charge is 0.128 e. The van der Waals surface area contributed by atoms with Gasteiger partial charge in [-0.1, -0.05) is 23.7 Å². The van der Waals surface area contributed by atoms with Gasteiger partial charge in [0.2, 0.25) is 0 Å². The standard InChI is InChI=1S/C10H10ClFN2/c1-14-9(6-10(11)13-14)7-3-2-4-8(12)5-7/h2-5,9H,6H2,1H3. The third kappa shape index (κ3) is 1.73. The van der Waals surface area contributed by atoms with Crippen LogP contribution in [0.1, 0.15) is 18.0 Å². The van der Waals surface area contributed by atoms with Crippen LogP contribution in [0.2, 0.25) is 0 Å². The Balaban J connectivity index is 2.25. The van der Waals surface area contributed by atoms with Crippen molar-refractivity contribution in [3.63, 3.8) is 0 Å². The second-order valence-corrected chi connectivity index (χ2v) is 3.76. The quantitative estimate of drug-likeness (QED) is 0.699. The molecule has 0 spiro atoms. The van der Waals surface area contributed by atoms with Crippen LogP contribution >= 0.6 is 11.6 Å². The monoisotopic (exact) mass is 212 g/mol. The molecule has 0 radical (unpaired) electrons. The van der Waals surface area contributed by atoms with Crippen LogP contribution in [0.25, 0.3) is 0 Å². The minimum atomic E-state index is -0.223. The van der Waals surface area contributed by atoms with Gasteiger partial charge < -0.3 is 0 Å². The van der Waals surface area contributed by atoms with Crippen molar-refractivity contribution in [2.75, 3.05) is 7.05 Å². The van der Waals surface area contributed by atoms with E-state index < -0.39 is 0 Å². The molecular weight excluding hydrogens is 203 g/mol. The van der Waals surface area contributed by atoms with Gasteiger partial charge in [-0.15, -0.1) is 0 Å². The molecule has 0 saturated heterocycles. The minimum absolute atomic E-state index is 0.0678. The van der Waals surface area contributed by atoms with Crippen molar-refractivity contribution in [1.82, 2.24) is 5.01 Å². The molecule has 0 aliphatic carbocycles. The van der Waals surface area contributed by atoms with Crippen molar-refractivity contribution in [2.24, 2.45) is 5.10 Å². The molecule has 1 unspecified atom stereocenters. The number of rotatable bonds is 1. The number of nitrogens with zero attached hydrogens (tertiary/aromatic N) is 2. The van der Waals surface area contributed by atoms with Crippen molar-refractivity contribution >= 4 is 16.8 Å². The van der Waals surface area contributed by atoms with Gasteiger partial charge in [-0.2, -0.15) is 5.10 Å². The van der Waals surface area contributed by atoms with Gasteiger partial charge in [-0.05, 0) is 17.7 Å². The van der Waals surface area contributed by atoms with Gasteiger partial charge in [0.05, 0.1) is 6.04 Å². The first-order valence-electron chi connectivity index (χ1n) is 4.38. The molecule has 1 aromatic rings. The summed E-state index contributed by atoms with van der Waals surface area (Å²) in [5, 5.41) is 6.40. The molecule has 74 valence electrons. The molecule has 0 N–H and O–H groups in total. The lowest BCUT2D eigenvalue weighted by molar-refractivity contribution is 0.289. The zero-order chi connectivity index (χ0) is 10.1. The predicted molar refractivity (Wildman–Crippen MR) is 54.8 cm³/mol. The summed E-state index contributed by atoms with van der Waals surface area (Å²) in [7, 11) is 1.84. The van der Waals surface area contributed by atoms with E-state index in [0.29, 0.717) is 11.6 Å². The van der Waals surface area contributed by atoms with Gasteiger partial charge in [-0.3, -0.25) is 5.01 Å². The van der Waals surface area contributed by atoms with E-state index in [-0.39, 0.29) is 11.9 Å². The number of halogens is 2. The van der Waals surface area contributed by atoms with Gasteiger partial charge in [0.1, 0.15) is 11.0 Å². The fraction of sp³-hybridized carbons (Fsp3) is 0.300. The largest absolute Gasteiger partial charge is 0.291 e. The fourth-order valence-electron chi connectivity index (χ4n) is 1.62. The molecule has 0 amide bonds. The van der Waals surface area contributed by atoms with E-state index in [0.717, 1.165) is 5.56 Å². The second-order valence-electron chi connectivity index (χ2n) is 3.32.